The first kappa shape index (κ1) is 31.5. The van der Waals surface area contributed by atoms with Crippen molar-refractivity contribution in [3.05, 3.63) is 0 Å². The van der Waals surface area contributed by atoms with Crippen LogP contribution in [0.5, 0.6) is 0 Å². The van der Waals surface area contributed by atoms with Crippen molar-refractivity contribution in [1.82, 2.24) is 0 Å². The first-order valence-corrected chi connectivity index (χ1v) is 19.3. The minimum absolute atomic E-state index is 0.0506. The van der Waals surface area contributed by atoms with Gasteiger partial charge in [0.15, 0.2) is 16.6 Å². The third kappa shape index (κ3) is 33.2. The molecule has 0 amide bonds. The molecule has 0 fully saturated rings. The molecule has 178 valence electrons. The van der Waals surface area contributed by atoms with E-state index in [9.17, 15) is 5.11 Å². The lowest BCUT2D eigenvalue weighted by Gasteiger charge is -2.27. The summed E-state index contributed by atoms with van der Waals surface area (Å²) in [6.07, 6.45) is 18.2. The second-order valence-corrected chi connectivity index (χ2v) is 19.8. The van der Waals surface area contributed by atoms with Gasteiger partial charge in [-0.2, -0.15) is 0 Å². The van der Waals surface area contributed by atoms with E-state index in [4.69, 9.17) is 9.22 Å². The van der Waals surface area contributed by atoms with Gasteiger partial charge in [0.1, 0.15) is 0 Å². The molecular weight excluding hydrogens is 392 g/mol. The van der Waals surface area contributed by atoms with Gasteiger partial charge in [0.05, 0.1) is 6.10 Å². The molecule has 0 aromatic rings. The lowest BCUT2D eigenvalue weighted by Crippen LogP contribution is -2.39. The highest BCUT2D eigenvalue weighted by Gasteiger charge is 2.24. The number of rotatable bonds is 18. The molecule has 0 aliphatic rings. The van der Waals surface area contributed by atoms with E-state index >= 15 is 0 Å². The molecule has 0 bridgehead atoms. The maximum Gasteiger partial charge on any atom is 0.170 e. The fraction of sp³-hybridized carbons (Fsp3) is 1.00. The number of aliphatic hydroxyl groups is 2. The van der Waals surface area contributed by atoms with Crippen molar-refractivity contribution in [3.63, 3.8) is 0 Å². The van der Waals surface area contributed by atoms with Gasteiger partial charge in [0, 0.05) is 6.61 Å². The highest BCUT2D eigenvalue weighted by Crippen LogP contribution is 2.14. The standard InChI is InChI=1S/C18H38O2.C6H18OSi2/c1-2-3-4-12-15-18(20)16-13-10-8-6-5-7-9-11-14-17-19;1-8(2,3)7-9(4,5)6/h18-20H,2-17H2,1H3;1-6H3. The Labute approximate surface area is 186 Å². The van der Waals surface area contributed by atoms with Crippen molar-refractivity contribution in [2.24, 2.45) is 0 Å². The van der Waals surface area contributed by atoms with Gasteiger partial charge < -0.3 is 14.3 Å². The molecule has 0 rings (SSSR count). The van der Waals surface area contributed by atoms with E-state index in [-0.39, 0.29) is 6.10 Å². The minimum atomic E-state index is -1.23. The Kier molecular flexibility index (Phi) is 22.0. The minimum Gasteiger partial charge on any atom is -0.456 e. The SMILES string of the molecule is CCCCCCC(O)CCCCCCCCCCCO.C[Si](C)(C)O[Si](C)(C)C. The van der Waals surface area contributed by atoms with Crippen LogP contribution in [0.1, 0.15) is 103 Å². The number of unbranched alkanes of at least 4 members (excludes halogenated alkanes) is 11. The van der Waals surface area contributed by atoms with Crippen LogP contribution >= 0.6 is 0 Å². The van der Waals surface area contributed by atoms with E-state index in [1.807, 2.05) is 0 Å². The van der Waals surface area contributed by atoms with Crippen LogP contribution in [0, 0.1) is 0 Å². The predicted molar refractivity (Wildman–Crippen MR) is 136 cm³/mol. The molecule has 0 saturated carbocycles. The van der Waals surface area contributed by atoms with Gasteiger partial charge in [-0.3, -0.25) is 0 Å². The monoisotopic (exact) mass is 448 g/mol. The van der Waals surface area contributed by atoms with E-state index in [1.54, 1.807) is 0 Å². The van der Waals surface area contributed by atoms with Crippen LogP contribution < -0.4 is 0 Å². The number of aliphatic hydroxyl groups excluding tert-OH is 2. The fourth-order valence-corrected chi connectivity index (χ4v) is 10.9. The van der Waals surface area contributed by atoms with E-state index in [2.05, 4.69) is 46.2 Å². The summed E-state index contributed by atoms with van der Waals surface area (Å²) < 4.78 is 5.90. The van der Waals surface area contributed by atoms with Gasteiger partial charge in [0.2, 0.25) is 0 Å². The highest BCUT2D eigenvalue weighted by molar-refractivity contribution is 6.83. The summed E-state index contributed by atoms with van der Waals surface area (Å²) in [6.45, 7) is 16.0. The van der Waals surface area contributed by atoms with Crippen molar-refractivity contribution in [3.8, 4) is 0 Å². The Morgan fingerprint density at radius 2 is 0.931 bits per heavy atom. The van der Waals surface area contributed by atoms with E-state index < -0.39 is 16.6 Å². The van der Waals surface area contributed by atoms with Gasteiger partial charge in [0.25, 0.3) is 0 Å². The van der Waals surface area contributed by atoms with Crippen molar-refractivity contribution < 1.29 is 14.3 Å². The zero-order valence-electron chi connectivity index (χ0n) is 21.2. The van der Waals surface area contributed by atoms with Crippen LogP contribution in [-0.4, -0.2) is 39.6 Å². The van der Waals surface area contributed by atoms with Crippen LogP contribution in [0.4, 0.5) is 0 Å². The first-order chi connectivity index (χ1) is 13.5. The summed E-state index contributed by atoms with van der Waals surface area (Å²) in [5.74, 6) is 0. The van der Waals surface area contributed by atoms with Crippen molar-refractivity contribution in [2.75, 3.05) is 6.61 Å². The van der Waals surface area contributed by atoms with Crippen LogP contribution in [0.15, 0.2) is 0 Å². The lowest BCUT2D eigenvalue weighted by molar-refractivity contribution is 0.147. The van der Waals surface area contributed by atoms with Gasteiger partial charge >= 0.3 is 0 Å². The molecule has 0 aliphatic carbocycles. The lowest BCUT2D eigenvalue weighted by atomic mass is 10.0. The molecule has 0 radical (unpaired) electrons. The van der Waals surface area contributed by atoms with Crippen LogP contribution in [0.3, 0.4) is 0 Å². The van der Waals surface area contributed by atoms with Crippen molar-refractivity contribution in [2.45, 2.75) is 149 Å². The average molecular weight is 449 g/mol. The molecular formula is C24H56O3Si2. The topological polar surface area (TPSA) is 49.7 Å². The first-order valence-electron chi connectivity index (χ1n) is 12.5. The largest absolute Gasteiger partial charge is 0.456 e. The highest BCUT2D eigenvalue weighted by atomic mass is 28.4. The Bertz CT molecular complexity index is 313. The molecule has 0 spiro atoms. The van der Waals surface area contributed by atoms with Crippen molar-refractivity contribution in [1.29, 1.82) is 0 Å². The molecule has 1 atom stereocenters. The molecule has 3 nitrogen and oxygen atoms in total. The Morgan fingerprint density at radius 3 is 1.24 bits per heavy atom. The molecule has 0 aliphatic heterocycles. The van der Waals surface area contributed by atoms with Crippen molar-refractivity contribution >= 4 is 16.6 Å². The van der Waals surface area contributed by atoms with Crippen LogP contribution in [0.2, 0.25) is 39.3 Å². The van der Waals surface area contributed by atoms with Crippen LogP contribution in [0.25, 0.3) is 0 Å². The molecule has 0 heterocycles. The molecule has 0 saturated heterocycles. The summed E-state index contributed by atoms with van der Waals surface area (Å²) in [6, 6.07) is 0. The third-order valence-electron chi connectivity index (χ3n) is 4.70. The number of hydrogen-bond acceptors (Lipinski definition) is 3. The van der Waals surface area contributed by atoms with Gasteiger partial charge in [-0.15, -0.1) is 0 Å². The summed E-state index contributed by atoms with van der Waals surface area (Å²) >= 11 is 0. The summed E-state index contributed by atoms with van der Waals surface area (Å²) in [5.41, 5.74) is 0. The average Bonchev–Trinajstić information content (AvgIpc) is 2.58. The maximum absolute atomic E-state index is 9.85. The van der Waals surface area contributed by atoms with Crippen LogP contribution in [-0.2, 0) is 4.12 Å². The molecule has 2 N–H and O–H groups in total. The Hall–Kier alpha value is 0.314. The van der Waals surface area contributed by atoms with Gasteiger partial charge in [-0.05, 0) is 58.5 Å². The third-order valence-corrected chi connectivity index (χ3v) is 9.60. The summed E-state index contributed by atoms with van der Waals surface area (Å²) in [4.78, 5) is 0. The van der Waals surface area contributed by atoms with Gasteiger partial charge in [-0.1, -0.05) is 84.0 Å². The number of hydrogen-bond donors (Lipinski definition) is 2. The zero-order chi connectivity index (χ0) is 22.6. The molecule has 29 heavy (non-hydrogen) atoms. The predicted octanol–water partition coefficient (Wildman–Crippen LogP) is 7.88. The van der Waals surface area contributed by atoms with Gasteiger partial charge in [-0.25, -0.2) is 0 Å². The quantitative estimate of drug-likeness (QED) is 0.165. The smallest absolute Gasteiger partial charge is 0.170 e. The molecule has 5 heteroatoms. The van der Waals surface area contributed by atoms with E-state index in [0.717, 1.165) is 19.3 Å². The Morgan fingerprint density at radius 1 is 0.586 bits per heavy atom. The summed E-state index contributed by atoms with van der Waals surface area (Å²) in [7, 11) is -2.46. The van der Waals surface area contributed by atoms with E-state index in [0.29, 0.717) is 6.61 Å². The fourth-order valence-electron chi connectivity index (χ4n) is 3.60. The van der Waals surface area contributed by atoms with E-state index in [1.165, 1.54) is 77.0 Å². The molecule has 0 aromatic carbocycles. The normalized spacial score (nSPS) is 13.1. The second-order valence-electron chi connectivity index (χ2n) is 10.5. The molecule has 1 unspecified atom stereocenters. The Balaban J connectivity index is 0. The second kappa shape index (κ2) is 20.2. The molecule has 0 aromatic heterocycles. The zero-order valence-corrected chi connectivity index (χ0v) is 23.2. The maximum atomic E-state index is 9.85. The summed E-state index contributed by atoms with van der Waals surface area (Å²) in [5, 5.41) is 18.5.